The molecule has 0 heterocycles. The van der Waals surface area contributed by atoms with Crippen LogP contribution in [-0.2, 0) is 9.59 Å². The molecule has 0 aromatic rings. The molecule has 0 bridgehead atoms. The fourth-order valence-electron chi connectivity index (χ4n) is 2.18. The van der Waals surface area contributed by atoms with E-state index in [2.05, 4.69) is 20.8 Å². The number of hydrogen-bond donors (Lipinski definition) is 2. The molecule has 0 saturated heterocycles. The van der Waals surface area contributed by atoms with Crippen LogP contribution in [0.2, 0.25) is 0 Å². The summed E-state index contributed by atoms with van der Waals surface area (Å²) in [6.07, 6.45) is 8.70. The van der Waals surface area contributed by atoms with Gasteiger partial charge < -0.3 is 11.5 Å². The molecule has 0 aliphatic heterocycles. The molecule has 0 radical (unpaired) electrons. The number of carbonyl (C=O) groups excluding carboxylic acids is 2. The molecule has 20 heavy (non-hydrogen) atoms. The van der Waals surface area contributed by atoms with Gasteiger partial charge in [0, 0.05) is 11.8 Å². The Morgan fingerprint density at radius 2 is 1.30 bits per heavy atom. The van der Waals surface area contributed by atoms with Crippen LogP contribution in [-0.4, -0.2) is 11.8 Å². The van der Waals surface area contributed by atoms with Gasteiger partial charge in [0.25, 0.3) is 0 Å². The first-order chi connectivity index (χ1) is 9.40. The van der Waals surface area contributed by atoms with E-state index in [-0.39, 0.29) is 17.2 Å². The van der Waals surface area contributed by atoms with E-state index in [4.69, 9.17) is 11.5 Å². The van der Waals surface area contributed by atoms with Crippen LogP contribution in [0.25, 0.3) is 0 Å². The van der Waals surface area contributed by atoms with Gasteiger partial charge in [0.05, 0.1) is 0 Å². The van der Waals surface area contributed by atoms with Crippen molar-refractivity contribution in [3.63, 3.8) is 0 Å². The Hall–Kier alpha value is -1.06. The van der Waals surface area contributed by atoms with Crippen molar-refractivity contribution in [3.8, 4) is 0 Å². The number of amides is 2. The summed E-state index contributed by atoms with van der Waals surface area (Å²) in [6.45, 7) is 8.31. The molecule has 120 valence electrons. The van der Waals surface area contributed by atoms with Gasteiger partial charge in [-0.15, -0.1) is 0 Å². The maximum absolute atomic E-state index is 11.5. The molecule has 0 unspecified atom stereocenters. The number of unbranched alkanes of at least 4 members (excludes halogenated alkanes) is 2. The molecule has 0 aliphatic rings. The van der Waals surface area contributed by atoms with Crippen molar-refractivity contribution in [2.75, 3.05) is 0 Å². The van der Waals surface area contributed by atoms with Crippen molar-refractivity contribution in [1.29, 1.82) is 0 Å². The molecule has 4 heteroatoms. The minimum absolute atomic E-state index is 0.0955. The van der Waals surface area contributed by atoms with Crippen LogP contribution in [0.3, 0.4) is 0 Å². The Morgan fingerprint density at radius 1 is 0.850 bits per heavy atom. The SMILES string of the molecule is CCCC(N)=O.CCCCC(CC)(CCCC)C(N)=O. The molecular formula is C16H34N2O2. The van der Waals surface area contributed by atoms with Crippen molar-refractivity contribution in [1.82, 2.24) is 0 Å². The van der Waals surface area contributed by atoms with Gasteiger partial charge in [0.15, 0.2) is 0 Å². The first kappa shape index (κ1) is 21.2. The Morgan fingerprint density at radius 3 is 1.45 bits per heavy atom. The van der Waals surface area contributed by atoms with E-state index >= 15 is 0 Å². The fourth-order valence-corrected chi connectivity index (χ4v) is 2.18. The highest BCUT2D eigenvalue weighted by atomic mass is 16.1. The van der Waals surface area contributed by atoms with Crippen LogP contribution < -0.4 is 11.5 Å². The first-order valence-electron chi connectivity index (χ1n) is 7.98. The average molecular weight is 286 g/mol. The van der Waals surface area contributed by atoms with Crippen LogP contribution in [0.15, 0.2) is 0 Å². The Labute approximate surface area is 124 Å². The van der Waals surface area contributed by atoms with Crippen molar-refractivity contribution >= 4 is 11.8 Å². The zero-order valence-corrected chi connectivity index (χ0v) is 13.8. The van der Waals surface area contributed by atoms with Gasteiger partial charge in [-0.05, 0) is 25.7 Å². The molecule has 4 N–H and O–H groups in total. The Balaban J connectivity index is 0. The molecule has 0 atom stereocenters. The van der Waals surface area contributed by atoms with E-state index in [1.165, 1.54) is 0 Å². The molecule has 2 amide bonds. The zero-order chi connectivity index (χ0) is 16.0. The van der Waals surface area contributed by atoms with Crippen molar-refractivity contribution in [2.45, 2.75) is 85.5 Å². The van der Waals surface area contributed by atoms with Crippen LogP contribution in [0.5, 0.6) is 0 Å². The second-order valence-corrected chi connectivity index (χ2v) is 5.42. The summed E-state index contributed by atoms with van der Waals surface area (Å²) >= 11 is 0. The molecular weight excluding hydrogens is 252 g/mol. The standard InChI is InChI=1S/C12H25NO.C4H9NO/c1-4-7-9-12(6-3,11(13)14)10-8-5-2;1-2-3-4(5)6/h4-10H2,1-3H3,(H2,13,14);2-3H2,1H3,(H2,5,6). The van der Waals surface area contributed by atoms with Gasteiger partial charge in [-0.2, -0.15) is 0 Å². The number of rotatable bonds is 10. The fraction of sp³-hybridized carbons (Fsp3) is 0.875. The topological polar surface area (TPSA) is 86.2 Å². The molecule has 0 rings (SSSR count). The van der Waals surface area contributed by atoms with Crippen molar-refractivity contribution < 1.29 is 9.59 Å². The van der Waals surface area contributed by atoms with Crippen LogP contribution >= 0.6 is 0 Å². The lowest BCUT2D eigenvalue weighted by atomic mass is 9.75. The summed E-state index contributed by atoms with van der Waals surface area (Å²) in [6, 6.07) is 0. The number of nitrogens with two attached hydrogens (primary N) is 2. The summed E-state index contributed by atoms with van der Waals surface area (Å²) in [5.74, 6) is -0.306. The van der Waals surface area contributed by atoms with Gasteiger partial charge in [-0.3, -0.25) is 9.59 Å². The summed E-state index contributed by atoms with van der Waals surface area (Å²) in [4.78, 5) is 21.3. The zero-order valence-electron chi connectivity index (χ0n) is 13.8. The highest BCUT2D eigenvalue weighted by Crippen LogP contribution is 2.34. The van der Waals surface area contributed by atoms with Gasteiger partial charge >= 0.3 is 0 Å². The maximum Gasteiger partial charge on any atom is 0.223 e. The van der Waals surface area contributed by atoms with E-state index in [1.807, 2.05) is 6.92 Å². The second kappa shape index (κ2) is 12.9. The summed E-state index contributed by atoms with van der Waals surface area (Å²) in [5.41, 5.74) is 10.1. The number of hydrogen-bond acceptors (Lipinski definition) is 2. The van der Waals surface area contributed by atoms with E-state index in [9.17, 15) is 9.59 Å². The number of carbonyl (C=O) groups is 2. The van der Waals surface area contributed by atoms with E-state index < -0.39 is 0 Å². The summed E-state index contributed by atoms with van der Waals surface area (Å²) in [5, 5.41) is 0. The third-order valence-electron chi connectivity index (χ3n) is 3.71. The molecule has 0 aromatic carbocycles. The predicted octanol–water partition coefficient (Wildman–Crippen LogP) is 3.52. The Bertz CT molecular complexity index is 257. The highest BCUT2D eigenvalue weighted by molar-refractivity contribution is 5.80. The smallest absolute Gasteiger partial charge is 0.223 e. The summed E-state index contributed by atoms with van der Waals surface area (Å²) < 4.78 is 0. The molecule has 0 aliphatic carbocycles. The largest absolute Gasteiger partial charge is 0.370 e. The van der Waals surface area contributed by atoms with E-state index in [1.54, 1.807) is 0 Å². The number of primary amides is 2. The lowest BCUT2D eigenvalue weighted by molar-refractivity contribution is -0.129. The molecule has 0 aromatic heterocycles. The van der Waals surface area contributed by atoms with Gasteiger partial charge in [-0.25, -0.2) is 0 Å². The van der Waals surface area contributed by atoms with E-state index in [0.717, 1.165) is 51.4 Å². The maximum atomic E-state index is 11.5. The monoisotopic (exact) mass is 286 g/mol. The molecule has 4 nitrogen and oxygen atoms in total. The quantitative estimate of drug-likeness (QED) is 0.643. The van der Waals surface area contributed by atoms with Gasteiger partial charge in [-0.1, -0.05) is 53.4 Å². The predicted molar refractivity (Wildman–Crippen MR) is 85.1 cm³/mol. The van der Waals surface area contributed by atoms with Crippen molar-refractivity contribution in [3.05, 3.63) is 0 Å². The third kappa shape index (κ3) is 9.82. The van der Waals surface area contributed by atoms with Gasteiger partial charge in [0.1, 0.15) is 0 Å². The van der Waals surface area contributed by atoms with Crippen LogP contribution in [0.4, 0.5) is 0 Å². The lowest BCUT2D eigenvalue weighted by Crippen LogP contribution is -2.36. The second-order valence-electron chi connectivity index (χ2n) is 5.42. The molecule has 0 saturated carbocycles. The van der Waals surface area contributed by atoms with Gasteiger partial charge in [0.2, 0.25) is 11.8 Å². The van der Waals surface area contributed by atoms with E-state index in [0.29, 0.717) is 6.42 Å². The lowest BCUT2D eigenvalue weighted by Gasteiger charge is -2.29. The summed E-state index contributed by atoms with van der Waals surface area (Å²) in [7, 11) is 0. The van der Waals surface area contributed by atoms with Crippen LogP contribution in [0.1, 0.15) is 85.5 Å². The highest BCUT2D eigenvalue weighted by Gasteiger charge is 2.32. The molecule has 0 spiro atoms. The third-order valence-corrected chi connectivity index (χ3v) is 3.71. The normalized spacial score (nSPS) is 10.6. The van der Waals surface area contributed by atoms with Crippen molar-refractivity contribution in [2.24, 2.45) is 16.9 Å². The first-order valence-corrected chi connectivity index (χ1v) is 7.98. The minimum atomic E-state index is -0.216. The molecule has 0 fully saturated rings. The van der Waals surface area contributed by atoms with Crippen LogP contribution in [0, 0.1) is 5.41 Å². The minimum Gasteiger partial charge on any atom is -0.370 e. The average Bonchev–Trinajstić information content (AvgIpc) is 2.40. The Kier molecular flexibility index (Phi) is 13.8.